The fourth-order valence-corrected chi connectivity index (χ4v) is 0. The minimum atomic E-state index is -6.02. The monoisotopic (exact) mass is 314 g/mol. The fourth-order valence-electron chi connectivity index (χ4n) is 0. The van der Waals surface area contributed by atoms with Crippen LogP contribution in [-0.2, 0) is 23.5 Å². The molecule has 4 amide bonds. The molecule has 0 aromatic rings. The summed E-state index contributed by atoms with van der Waals surface area (Å²) in [5, 5.41) is 0. The van der Waals surface area contributed by atoms with Gasteiger partial charge in [0.15, 0.2) is 0 Å². The van der Waals surface area contributed by atoms with E-state index < -0.39 is 28.8 Å². The maximum atomic E-state index is 9.47. The molecule has 0 saturated heterocycles. The summed E-state index contributed by atoms with van der Waals surface area (Å²) in [5.74, 6) is 9.02. The molecule has 0 aromatic carbocycles. The zero-order valence-electron chi connectivity index (χ0n) is 7.43. The number of nitrogens with two attached hydrogens (primary N) is 2. The van der Waals surface area contributed by atoms with Crippen molar-refractivity contribution >= 4 is 12.1 Å². The van der Waals surface area contributed by atoms with Crippen LogP contribution in [0.3, 0.4) is 0 Å². The van der Waals surface area contributed by atoms with Gasteiger partial charge in [0, 0.05) is 0 Å². The summed E-state index contributed by atoms with van der Waals surface area (Å²) in [6.07, 6.45) is 0. The molecule has 0 aliphatic carbocycles. The zero-order chi connectivity index (χ0) is 13.1. The number of carbonyl (C=O) groups excluding carboxylic acids is 2. The van der Waals surface area contributed by atoms with Crippen molar-refractivity contribution in [3.05, 3.63) is 0 Å². The molecule has 12 N–H and O–H groups in total. The number of amides is 4. The predicted octanol–water partition coefficient (Wildman–Crippen LogP) is -6.99. The van der Waals surface area contributed by atoms with Crippen molar-refractivity contribution in [3.63, 3.8) is 0 Å². The van der Waals surface area contributed by atoms with Gasteiger partial charge in [0.1, 0.15) is 0 Å². The third kappa shape index (κ3) is 176. The third-order valence-corrected chi connectivity index (χ3v) is 0.322. The van der Waals surface area contributed by atoms with Gasteiger partial charge < -0.3 is 0 Å². The van der Waals surface area contributed by atoms with Gasteiger partial charge in [-0.25, -0.2) is 32.1 Å². The van der Waals surface area contributed by atoms with Gasteiger partial charge in [-0.2, -0.15) is 0 Å². The molecule has 0 atom stereocenters. The second kappa shape index (κ2) is 11.1. The normalized spacial score (nSPS) is 8.40. The van der Waals surface area contributed by atoms with E-state index in [4.69, 9.17) is 14.3 Å². The standard InChI is InChI=1S/2CH5N3O.Mo.4O/c2*2-1(5)4-3;;;;;/h2*3H2,(H3,2,4,5);;;;;/q;;;;;2*-1/p+2. The van der Waals surface area contributed by atoms with Crippen molar-refractivity contribution < 1.29 is 52.1 Å². The first-order valence-corrected chi connectivity index (χ1v) is 6.14. The van der Waals surface area contributed by atoms with Gasteiger partial charge in [-0.3, -0.25) is 11.5 Å². The Labute approximate surface area is 87.2 Å². The summed E-state index contributed by atoms with van der Waals surface area (Å²) in [5.41, 5.74) is 9.32. The Morgan fingerprint density at radius 2 is 1.07 bits per heavy atom. The minimum absolute atomic E-state index is 0.468. The van der Waals surface area contributed by atoms with Crippen molar-refractivity contribution in [1.29, 1.82) is 0 Å². The molecule has 0 saturated carbocycles. The molecular weight excluding hydrogens is 300 g/mol. The van der Waals surface area contributed by atoms with Gasteiger partial charge in [-0.05, 0) is 0 Å². The van der Waals surface area contributed by atoms with E-state index >= 15 is 0 Å². The average molecular weight is 312 g/mol. The average Bonchev–Trinajstić information content (AvgIpc) is 2.02. The Hall–Kier alpha value is -1.01. The molecule has 0 aliphatic rings. The van der Waals surface area contributed by atoms with Crippen molar-refractivity contribution in [2.75, 3.05) is 0 Å². The van der Waals surface area contributed by atoms with Crippen molar-refractivity contribution in [1.82, 2.24) is 10.9 Å². The second-order valence-corrected chi connectivity index (χ2v) is 3.55. The van der Waals surface area contributed by atoms with Crippen LogP contribution in [0, 0.1) is 0 Å². The molecule has 13 heteroatoms. The third-order valence-electron chi connectivity index (χ3n) is 0.322. The van der Waals surface area contributed by atoms with E-state index in [0.717, 1.165) is 0 Å². The molecule has 0 rings (SSSR count). The van der Waals surface area contributed by atoms with E-state index in [1.54, 1.807) is 10.9 Å². The van der Waals surface area contributed by atoms with Crippen LogP contribution in [0.4, 0.5) is 9.59 Å². The molecule has 12 nitrogen and oxygen atoms in total. The Balaban J connectivity index is -0.000000144. The first-order valence-electron chi connectivity index (χ1n) is 2.86. The van der Waals surface area contributed by atoms with Crippen LogP contribution in [0.25, 0.3) is 0 Å². The summed E-state index contributed by atoms with van der Waals surface area (Å²) >= 11 is -6.02. The quantitative estimate of drug-likeness (QED) is 0.108. The summed E-state index contributed by atoms with van der Waals surface area (Å²) in [4.78, 5) is 18.9. The molecule has 0 heterocycles. The van der Waals surface area contributed by atoms with E-state index in [9.17, 15) is 9.59 Å². The Morgan fingerprint density at radius 1 is 1.00 bits per heavy atom. The molecule has 0 aliphatic heterocycles. The van der Waals surface area contributed by atoms with Gasteiger partial charge in [-0.1, -0.05) is 0 Å². The Morgan fingerprint density at radius 3 is 1.07 bits per heavy atom. The van der Waals surface area contributed by atoms with E-state index in [1.807, 2.05) is 0 Å². The van der Waals surface area contributed by atoms with E-state index in [1.165, 1.54) is 0 Å². The van der Waals surface area contributed by atoms with Crippen LogP contribution in [0.15, 0.2) is 0 Å². The van der Waals surface area contributed by atoms with Crippen molar-refractivity contribution in [3.8, 4) is 0 Å². The number of hydrazine groups is 2. The maximum absolute atomic E-state index is 9.47. The first kappa shape index (κ1) is 19.5. The number of carbonyl (C=O) groups is 2. The van der Waals surface area contributed by atoms with Crippen LogP contribution in [0.2, 0.25) is 0 Å². The van der Waals surface area contributed by atoms with Crippen LogP contribution in [0.5, 0.6) is 0 Å². The van der Waals surface area contributed by atoms with Gasteiger partial charge in [0.05, 0.1) is 0 Å². The van der Waals surface area contributed by atoms with E-state index in [-0.39, 0.29) is 0 Å². The fraction of sp³-hybridized carbons (Fsp3) is 0. The van der Waals surface area contributed by atoms with Gasteiger partial charge in [0.25, 0.3) is 0 Å². The molecule has 15 heavy (non-hydrogen) atoms. The molecule has 0 aromatic heterocycles. The Bertz CT molecular complexity index is 251. The van der Waals surface area contributed by atoms with E-state index in [2.05, 4.69) is 23.2 Å². The summed E-state index contributed by atoms with van der Waals surface area (Å²) in [6, 6.07) is -0.935. The topological polar surface area (TPSA) is 246 Å². The number of hydrogen-bond donors (Lipinski definition) is 6. The van der Waals surface area contributed by atoms with Crippen LogP contribution in [-0.4, -0.2) is 12.1 Å². The SMILES string of the molecule is NNC([NH3+])=O.NNC([NH3+])=O.[O]=[Mo](=[O])([O-])[O-]. The molecule has 0 radical (unpaired) electrons. The first-order chi connectivity index (χ1) is 6.54. The summed E-state index contributed by atoms with van der Waals surface area (Å²) in [7, 11) is 0. The number of rotatable bonds is 0. The number of nitrogens with one attached hydrogen (secondary N) is 2. The number of quaternary nitrogens is 2. The Kier molecular flexibility index (Phi) is 14.4. The molecule has 0 bridgehead atoms. The van der Waals surface area contributed by atoms with Gasteiger partial charge in [-0.15, -0.1) is 0 Å². The van der Waals surface area contributed by atoms with Gasteiger partial charge in [0.2, 0.25) is 0 Å². The van der Waals surface area contributed by atoms with Crippen LogP contribution in [0.1, 0.15) is 0 Å². The van der Waals surface area contributed by atoms with Crippen molar-refractivity contribution in [2.45, 2.75) is 0 Å². The van der Waals surface area contributed by atoms with Crippen LogP contribution >= 0.6 is 0 Å². The van der Waals surface area contributed by atoms with E-state index in [0.29, 0.717) is 0 Å². The van der Waals surface area contributed by atoms with Crippen molar-refractivity contribution in [2.24, 2.45) is 11.7 Å². The summed E-state index contributed by atoms with van der Waals surface area (Å²) in [6.45, 7) is 0. The number of hydrogen-bond acceptors (Lipinski definition) is 8. The summed E-state index contributed by atoms with van der Waals surface area (Å²) < 4.78 is 34.5. The molecule has 0 fully saturated rings. The second-order valence-electron chi connectivity index (χ2n) is 1.54. The van der Waals surface area contributed by atoms with Crippen LogP contribution < -0.4 is 41.5 Å². The predicted molar refractivity (Wildman–Crippen MR) is 32.6 cm³/mol. The number of urea groups is 2. The molecular formula is C2H12MoN6O6. The molecule has 92 valence electrons. The zero-order valence-corrected chi connectivity index (χ0v) is 9.43. The molecule has 0 spiro atoms. The molecule has 0 unspecified atom stereocenters. The van der Waals surface area contributed by atoms with Gasteiger partial charge >= 0.3 is 43.1 Å².